The number of hydrogen-bond donors (Lipinski definition) is 2. The number of carboxylic acids is 1. The number of rotatable bonds is 6. The van der Waals surface area contributed by atoms with Gasteiger partial charge in [0, 0.05) is 10.6 Å². The number of hydrogen-bond acceptors (Lipinski definition) is 3. The summed E-state index contributed by atoms with van der Waals surface area (Å²) in [5.74, 6) is -2.20. The van der Waals surface area contributed by atoms with Crippen molar-refractivity contribution in [3.8, 4) is 11.3 Å². The zero-order chi connectivity index (χ0) is 20.1. The SMILES string of the molecule is O=C(O)C[C@H](NC(=O)c1cccc(-c2ccccc2Cl)n1)c1cccc(F)c1. The van der Waals surface area contributed by atoms with Crippen LogP contribution in [0.2, 0.25) is 5.02 Å². The molecule has 0 saturated carbocycles. The van der Waals surface area contributed by atoms with Crippen LogP contribution in [0, 0.1) is 5.82 Å². The first-order chi connectivity index (χ1) is 13.4. The van der Waals surface area contributed by atoms with E-state index in [-0.39, 0.29) is 12.1 Å². The standard InChI is InChI=1S/C21H16ClFN2O3/c22-16-8-2-1-7-15(16)17-9-4-10-18(24-17)21(28)25-19(12-20(26)27)13-5-3-6-14(23)11-13/h1-11,19H,12H2,(H,25,28)(H,26,27)/t19-/m0/s1. The maximum absolute atomic E-state index is 13.5. The molecule has 0 saturated heterocycles. The molecule has 0 bridgehead atoms. The molecule has 2 N–H and O–H groups in total. The van der Waals surface area contributed by atoms with Gasteiger partial charge in [-0.1, -0.05) is 48.0 Å². The van der Waals surface area contributed by atoms with E-state index in [2.05, 4.69) is 10.3 Å². The van der Waals surface area contributed by atoms with Crippen LogP contribution in [0.3, 0.4) is 0 Å². The number of carbonyl (C=O) groups excluding carboxylic acids is 1. The summed E-state index contributed by atoms with van der Waals surface area (Å²) < 4.78 is 13.5. The fourth-order valence-electron chi connectivity index (χ4n) is 2.76. The van der Waals surface area contributed by atoms with Gasteiger partial charge in [0.05, 0.1) is 18.2 Å². The van der Waals surface area contributed by atoms with Crippen molar-refractivity contribution in [2.45, 2.75) is 12.5 Å². The van der Waals surface area contributed by atoms with Crippen LogP contribution in [-0.2, 0) is 4.79 Å². The normalized spacial score (nSPS) is 11.6. The van der Waals surface area contributed by atoms with Crippen LogP contribution in [-0.4, -0.2) is 22.0 Å². The zero-order valence-electron chi connectivity index (χ0n) is 14.6. The third-order valence-corrected chi connectivity index (χ3v) is 4.40. The lowest BCUT2D eigenvalue weighted by Crippen LogP contribution is -2.31. The molecule has 5 nitrogen and oxygen atoms in total. The van der Waals surface area contributed by atoms with E-state index in [4.69, 9.17) is 16.7 Å². The van der Waals surface area contributed by atoms with Gasteiger partial charge in [-0.2, -0.15) is 0 Å². The first-order valence-electron chi connectivity index (χ1n) is 8.44. The predicted octanol–water partition coefficient (Wildman–Crippen LogP) is 4.49. The van der Waals surface area contributed by atoms with Crippen molar-refractivity contribution in [2.75, 3.05) is 0 Å². The van der Waals surface area contributed by atoms with Crippen LogP contribution in [0.5, 0.6) is 0 Å². The molecule has 1 heterocycles. The molecular weight excluding hydrogens is 383 g/mol. The molecular formula is C21H16ClFN2O3. The molecule has 2 aromatic carbocycles. The van der Waals surface area contributed by atoms with E-state index in [1.165, 1.54) is 24.3 Å². The minimum absolute atomic E-state index is 0.101. The van der Waals surface area contributed by atoms with Gasteiger partial charge in [-0.15, -0.1) is 0 Å². The number of halogens is 2. The molecule has 0 spiro atoms. The average Bonchev–Trinajstić information content (AvgIpc) is 2.67. The van der Waals surface area contributed by atoms with Crippen molar-refractivity contribution >= 4 is 23.5 Å². The highest BCUT2D eigenvalue weighted by atomic mass is 35.5. The number of amides is 1. The number of aliphatic carboxylic acids is 1. The van der Waals surface area contributed by atoms with Crippen molar-refractivity contribution in [3.05, 3.63) is 88.8 Å². The lowest BCUT2D eigenvalue weighted by molar-refractivity contribution is -0.137. The van der Waals surface area contributed by atoms with Gasteiger partial charge in [0.1, 0.15) is 11.5 Å². The molecule has 0 fully saturated rings. The average molecular weight is 399 g/mol. The predicted molar refractivity (Wildman–Crippen MR) is 104 cm³/mol. The Morgan fingerprint density at radius 2 is 1.82 bits per heavy atom. The van der Waals surface area contributed by atoms with Crippen LogP contribution in [0.25, 0.3) is 11.3 Å². The maximum atomic E-state index is 13.5. The van der Waals surface area contributed by atoms with Crippen LogP contribution in [0.15, 0.2) is 66.7 Å². The second-order valence-corrected chi connectivity index (χ2v) is 6.47. The molecule has 7 heteroatoms. The molecule has 0 unspecified atom stereocenters. The summed E-state index contributed by atoms with van der Waals surface area (Å²) in [7, 11) is 0. The molecule has 1 aromatic heterocycles. The van der Waals surface area contributed by atoms with Crippen LogP contribution < -0.4 is 5.32 Å². The molecule has 0 aliphatic rings. The van der Waals surface area contributed by atoms with Crippen molar-refractivity contribution in [1.29, 1.82) is 0 Å². The molecule has 1 amide bonds. The third kappa shape index (κ3) is 4.72. The van der Waals surface area contributed by atoms with Crippen molar-refractivity contribution < 1.29 is 19.1 Å². The van der Waals surface area contributed by atoms with Gasteiger partial charge in [-0.05, 0) is 35.9 Å². The quantitative estimate of drug-likeness (QED) is 0.641. The Hall–Kier alpha value is -3.25. The first kappa shape index (κ1) is 19.5. The molecule has 1 atom stereocenters. The molecule has 3 rings (SSSR count). The Balaban J connectivity index is 1.87. The Morgan fingerprint density at radius 1 is 1.07 bits per heavy atom. The number of aromatic nitrogens is 1. The van der Waals surface area contributed by atoms with Gasteiger partial charge in [-0.25, -0.2) is 9.37 Å². The third-order valence-electron chi connectivity index (χ3n) is 4.07. The molecule has 3 aromatic rings. The maximum Gasteiger partial charge on any atom is 0.305 e. The number of carbonyl (C=O) groups is 2. The van der Waals surface area contributed by atoms with Crippen LogP contribution in [0.4, 0.5) is 4.39 Å². The Kier molecular flexibility index (Phi) is 6.01. The first-order valence-corrected chi connectivity index (χ1v) is 8.82. The van der Waals surface area contributed by atoms with E-state index in [1.54, 1.807) is 36.4 Å². The summed E-state index contributed by atoms with van der Waals surface area (Å²) in [6.45, 7) is 0. The topological polar surface area (TPSA) is 79.3 Å². The highest BCUT2D eigenvalue weighted by molar-refractivity contribution is 6.33. The fraction of sp³-hybridized carbons (Fsp3) is 0.0952. The fourth-order valence-corrected chi connectivity index (χ4v) is 3.00. The number of carboxylic acid groups (broad SMARTS) is 1. The Bertz CT molecular complexity index is 1030. The lowest BCUT2D eigenvalue weighted by atomic mass is 10.0. The van der Waals surface area contributed by atoms with Gasteiger partial charge < -0.3 is 10.4 Å². The van der Waals surface area contributed by atoms with Gasteiger partial charge in [-0.3, -0.25) is 9.59 Å². The van der Waals surface area contributed by atoms with Crippen molar-refractivity contribution in [1.82, 2.24) is 10.3 Å². The highest BCUT2D eigenvalue weighted by Crippen LogP contribution is 2.26. The summed E-state index contributed by atoms with van der Waals surface area (Å²) in [6.07, 6.45) is -0.389. The van der Waals surface area contributed by atoms with Crippen LogP contribution >= 0.6 is 11.6 Å². The van der Waals surface area contributed by atoms with E-state index in [9.17, 15) is 14.0 Å². The van der Waals surface area contributed by atoms with E-state index >= 15 is 0 Å². The monoisotopic (exact) mass is 398 g/mol. The van der Waals surface area contributed by atoms with Gasteiger partial charge in [0.15, 0.2) is 0 Å². The smallest absolute Gasteiger partial charge is 0.305 e. The van der Waals surface area contributed by atoms with Crippen molar-refractivity contribution in [3.63, 3.8) is 0 Å². The molecule has 0 radical (unpaired) electrons. The van der Waals surface area contributed by atoms with E-state index in [1.807, 2.05) is 6.07 Å². The molecule has 28 heavy (non-hydrogen) atoms. The Labute approximate surface area is 165 Å². The van der Waals surface area contributed by atoms with Crippen LogP contribution in [0.1, 0.15) is 28.5 Å². The van der Waals surface area contributed by atoms with E-state index < -0.39 is 23.7 Å². The summed E-state index contributed by atoms with van der Waals surface area (Å²) in [5, 5.41) is 12.3. The minimum Gasteiger partial charge on any atom is -0.481 e. The van der Waals surface area contributed by atoms with Gasteiger partial charge in [0.25, 0.3) is 5.91 Å². The largest absolute Gasteiger partial charge is 0.481 e. The van der Waals surface area contributed by atoms with Gasteiger partial charge >= 0.3 is 5.97 Å². The lowest BCUT2D eigenvalue weighted by Gasteiger charge is -2.17. The number of benzene rings is 2. The number of nitrogens with one attached hydrogen (secondary N) is 1. The summed E-state index contributed by atoms with van der Waals surface area (Å²) >= 11 is 6.19. The summed E-state index contributed by atoms with van der Waals surface area (Å²) in [4.78, 5) is 28.2. The molecule has 0 aliphatic carbocycles. The van der Waals surface area contributed by atoms with Crippen molar-refractivity contribution in [2.24, 2.45) is 0 Å². The molecule has 0 aliphatic heterocycles. The highest BCUT2D eigenvalue weighted by Gasteiger charge is 2.20. The minimum atomic E-state index is -1.12. The number of pyridine rings is 1. The summed E-state index contributed by atoms with van der Waals surface area (Å²) in [5.41, 5.74) is 1.65. The zero-order valence-corrected chi connectivity index (χ0v) is 15.4. The molecule has 142 valence electrons. The van der Waals surface area contributed by atoms with E-state index in [0.29, 0.717) is 21.8 Å². The second kappa shape index (κ2) is 8.63. The number of nitrogens with zero attached hydrogens (tertiary/aromatic N) is 1. The summed E-state index contributed by atoms with van der Waals surface area (Å²) in [6, 6.07) is 16.6. The van der Waals surface area contributed by atoms with E-state index in [0.717, 1.165) is 0 Å². The Morgan fingerprint density at radius 3 is 2.54 bits per heavy atom. The van der Waals surface area contributed by atoms with Gasteiger partial charge in [0.2, 0.25) is 0 Å². The second-order valence-electron chi connectivity index (χ2n) is 6.07.